The highest BCUT2D eigenvalue weighted by Crippen LogP contribution is 2.31. The van der Waals surface area contributed by atoms with Crippen molar-refractivity contribution in [3.63, 3.8) is 0 Å². The van der Waals surface area contributed by atoms with Gasteiger partial charge in [0.1, 0.15) is 0 Å². The first-order valence-corrected chi connectivity index (χ1v) is 7.88. The number of anilines is 1. The lowest BCUT2D eigenvalue weighted by Crippen LogP contribution is -2.29. The summed E-state index contributed by atoms with van der Waals surface area (Å²) in [4.78, 5) is 14.7. The number of amides is 1. The lowest BCUT2D eigenvalue weighted by Gasteiger charge is -2.20. The molecule has 1 aliphatic rings. The molecule has 2 heterocycles. The van der Waals surface area contributed by atoms with Gasteiger partial charge in [-0.25, -0.2) is 0 Å². The van der Waals surface area contributed by atoms with Crippen molar-refractivity contribution in [1.82, 2.24) is 10.2 Å². The lowest BCUT2D eigenvalue weighted by molar-refractivity contribution is -0.118. The van der Waals surface area contributed by atoms with E-state index in [1.807, 2.05) is 18.7 Å². The molecule has 0 bridgehead atoms. The molecule has 2 aromatic rings. The van der Waals surface area contributed by atoms with E-state index in [2.05, 4.69) is 42.2 Å². The number of nitrogens with one attached hydrogen (secondary N) is 1. The second kappa shape index (κ2) is 5.59. The molecule has 0 spiro atoms. The Bertz CT molecular complexity index is 698. The smallest absolute Gasteiger partial charge is 0.227 e. The third-order valence-corrected chi connectivity index (χ3v) is 4.59. The standard InChI is InChI=1S/C18H23N3O/c1-11-5-6-16-15(9-11)7-8-21(16)17(22)10-12(2)18-13(3)19-20-14(18)4/h5-6,9,12H,7-8,10H2,1-4H3,(H,19,20)/t12-/m1/s1. The van der Waals surface area contributed by atoms with Crippen molar-refractivity contribution < 1.29 is 4.79 Å². The molecule has 4 nitrogen and oxygen atoms in total. The fourth-order valence-electron chi connectivity index (χ4n) is 3.55. The van der Waals surface area contributed by atoms with Crippen LogP contribution in [0.3, 0.4) is 0 Å². The Morgan fingerprint density at radius 2 is 2.14 bits per heavy atom. The first kappa shape index (κ1) is 14.8. The first-order valence-electron chi connectivity index (χ1n) is 7.88. The molecule has 3 rings (SSSR count). The van der Waals surface area contributed by atoms with Gasteiger partial charge in [-0.1, -0.05) is 24.6 Å². The number of fused-ring (bicyclic) bond motifs is 1. The van der Waals surface area contributed by atoms with Crippen molar-refractivity contribution in [3.8, 4) is 0 Å². The molecule has 0 saturated carbocycles. The van der Waals surface area contributed by atoms with Gasteiger partial charge in [0.2, 0.25) is 5.91 Å². The maximum Gasteiger partial charge on any atom is 0.227 e. The predicted molar refractivity (Wildman–Crippen MR) is 88.3 cm³/mol. The Labute approximate surface area is 131 Å². The van der Waals surface area contributed by atoms with Gasteiger partial charge in [0.15, 0.2) is 0 Å². The zero-order chi connectivity index (χ0) is 15.9. The Kier molecular flexibility index (Phi) is 3.77. The summed E-state index contributed by atoms with van der Waals surface area (Å²) in [5.41, 5.74) is 6.87. The van der Waals surface area contributed by atoms with E-state index >= 15 is 0 Å². The third kappa shape index (κ3) is 2.54. The molecule has 116 valence electrons. The summed E-state index contributed by atoms with van der Waals surface area (Å²) < 4.78 is 0. The monoisotopic (exact) mass is 297 g/mol. The molecule has 1 aromatic heterocycles. The minimum atomic E-state index is 0.181. The molecule has 0 unspecified atom stereocenters. The van der Waals surface area contributed by atoms with Crippen LogP contribution in [0.25, 0.3) is 0 Å². The van der Waals surface area contributed by atoms with Gasteiger partial charge in [0.05, 0.1) is 5.69 Å². The zero-order valence-corrected chi connectivity index (χ0v) is 13.7. The van der Waals surface area contributed by atoms with Gasteiger partial charge in [-0.05, 0) is 50.3 Å². The quantitative estimate of drug-likeness (QED) is 0.943. The highest BCUT2D eigenvalue weighted by Gasteiger charge is 2.27. The molecular formula is C18H23N3O. The number of benzene rings is 1. The lowest BCUT2D eigenvalue weighted by atomic mass is 9.95. The van der Waals surface area contributed by atoms with Crippen LogP contribution < -0.4 is 4.90 Å². The van der Waals surface area contributed by atoms with Gasteiger partial charge in [-0.2, -0.15) is 5.10 Å². The molecule has 22 heavy (non-hydrogen) atoms. The van der Waals surface area contributed by atoms with Gasteiger partial charge in [-0.15, -0.1) is 0 Å². The molecule has 0 saturated heterocycles. The molecule has 1 atom stereocenters. The summed E-state index contributed by atoms with van der Waals surface area (Å²) in [7, 11) is 0. The maximum absolute atomic E-state index is 12.7. The second-order valence-corrected chi connectivity index (χ2v) is 6.38. The van der Waals surface area contributed by atoms with E-state index in [9.17, 15) is 4.79 Å². The number of hydrogen-bond acceptors (Lipinski definition) is 2. The van der Waals surface area contributed by atoms with Crippen LogP contribution in [0.4, 0.5) is 5.69 Å². The van der Waals surface area contributed by atoms with Crippen LogP contribution in [-0.4, -0.2) is 22.6 Å². The summed E-state index contributed by atoms with van der Waals surface area (Å²) in [6, 6.07) is 6.35. The molecule has 1 N–H and O–H groups in total. The van der Waals surface area contributed by atoms with Crippen LogP contribution in [0.2, 0.25) is 0 Å². The van der Waals surface area contributed by atoms with E-state index in [0.717, 1.165) is 30.0 Å². The Balaban J connectivity index is 1.77. The van der Waals surface area contributed by atoms with E-state index in [1.165, 1.54) is 16.7 Å². The molecule has 1 amide bonds. The Morgan fingerprint density at radius 1 is 1.36 bits per heavy atom. The number of carbonyl (C=O) groups is 1. The molecule has 4 heteroatoms. The molecule has 1 aromatic carbocycles. The van der Waals surface area contributed by atoms with E-state index in [-0.39, 0.29) is 11.8 Å². The summed E-state index contributed by atoms with van der Waals surface area (Å²) in [5, 5.41) is 7.25. The summed E-state index contributed by atoms with van der Waals surface area (Å²) >= 11 is 0. The number of carbonyl (C=O) groups excluding carboxylic acids is 1. The SMILES string of the molecule is Cc1ccc2c(c1)CCN2C(=O)C[C@@H](C)c1c(C)n[nH]c1C. The van der Waals surface area contributed by atoms with Crippen LogP contribution in [0.1, 0.15) is 47.3 Å². The van der Waals surface area contributed by atoms with Crippen molar-refractivity contribution in [1.29, 1.82) is 0 Å². The van der Waals surface area contributed by atoms with E-state index < -0.39 is 0 Å². The van der Waals surface area contributed by atoms with E-state index in [1.54, 1.807) is 0 Å². The number of aryl methyl sites for hydroxylation is 3. The van der Waals surface area contributed by atoms with E-state index in [4.69, 9.17) is 0 Å². The van der Waals surface area contributed by atoms with Crippen LogP contribution in [-0.2, 0) is 11.2 Å². The Hall–Kier alpha value is -2.10. The number of rotatable bonds is 3. The van der Waals surface area contributed by atoms with Crippen molar-refractivity contribution in [3.05, 3.63) is 46.3 Å². The number of aromatic nitrogens is 2. The first-order chi connectivity index (χ1) is 10.5. The third-order valence-electron chi connectivity index (χ3n) is 4.59. The highest BCUT2D eigenvalue weighted by molar-refractivity contribution is 5.96. The molecule has 1 aliphatic heterocycles. The number of nitrogens with zero attached hydrogens (tertiary/aromatic N) is 2. The van der Waals surface area contributed by atoms with Crippen LogP contribution in [0.15, 0.2) is 18.2 Å². The molecule has 0 aliphatic carbocycles. The molecular weight excluding hydrogens is 274 g/mol. The highest BCUT2D eigenvalue weighted by atomic mass is 16.2. The average Bonchev–Trinajstić information content (AvgIpc) is 3.01. The largest absolute Gasteiger partial charge is 0.312 e. The van der Waals surface area contributed by atoms with Crippen LogP contribution >= 0.6 is 0 Å². The van der Waals surface area contributed by atoms with Crippen molar-refractivity contribution >= 4 is 11.6 Å². The van der Waals surface area contributed by atoms with Crippen molar-refractivity contribution in [2.24, 2.45) is 0 Å². The summed E-state index contributed by atoms with van der Waals surface area (Å²) in [5.74, 6) is 0.385. The normalized spacial score (nSPS) is 15.0. The van der Waals surface area contributed by atoms with E-state index in [0.29, 0.717) is 6.42 Å². The molecule has 0 radical (unpaired) electrons. The minimum Gasteiger partial charge on any atom is -0.312 e. The number of H-pyrrole nitrogens is 1. The van der Waals surface area contributed by atoms with Crippen LogP contribution in [0.5, 0.6) is 0 Å². The van der Waals surface area contributed by atoms with Crippen LogP contribution in [0, 0.1) is 20.8 Å². The van der Waals surface area contributed by atoms with Gasteiger partial charge in [-0.3, -0.25) is 9.89 Å². The predicted octanol–water partition coefficient (Wildman–Crippen LogP) is 3.42. The van der Waals surface area contributed by atoms with Crippen molar-refractivity contribution in [2.75, 3.05) is 11.4 Å². The second-order valence-electron chi connectivity index (χ2n) is 6.38. The summed E-state index contributed by atoms with van der Waals surface area (Å²) in [6.45, 7) is 9.01. The average molecular weight is 297 g/mol. The number of hydrogen-bond donors (Lipinski definition) is 1. The fraction of sp³-hybridized carbons (Fsp3) is 0.444. The van der Waals surface area contributed by atoms with Gasteiger partial charge in [0, 0.05) is 24.3 Å². The molecule has 0 fully saturated rings. The topological polar surface area (TPSA) is 49.0 Å². The minimum absolute atomic E-state index is 0.181. The van der Waals surface area contributed by atoms with Gasteiger partial charge < -0.3 is 4.90 Å². The Morgan fingerprint density at radius 3 is 2.82 bits per heavy atom. The zero-order valence-electron chi connectivity index (χ0n) is 13.7. The maximum atomic E-state index is 12.7. The fourth-order valence-corrected chi connectivity index (χ4v) is 3.55. The van der Waals surface area contributed by atoms with Gasteiger partial charge >= 0.3 is 0 Å². The number of aromatic amines is 1. The van der Waals surface area contributed by atoms with Crippen molar-refractivity contribution in [2.45, 2.75) is 46.5 Å². The summed E-state index contributed by atoms with van der Waals surface area (Å²) in [6.07, 6.45) is 1.48. The van der Waals surface area contributed by atoms with Gasteiger partial charge in [0.25, 0.3) is 0 Å².